The van der Waals surface area contributed by atoms with Crippen LogP contribution in [0.2, 0.25) is 0 Å². The Kier molecular flexibility index (Phi) is 6.19. The first-order chi connectivity index (χ1) is 12.0. The van der Waals surface area contributed by atoms with Crippen LogP contribution < -0.4 is 16.2 Å². The van der Waals surface area contributed by atoms with Crippen LogP contribution in [0.4, 0.5) is 5.69 Å². The van der Waals surface area contributed by atoms with Crippen LogP contribution in [0.1, 0.15) is 27.0 Å². The van der Waals surface area contributed by atoms with Crippen molar-refractivity contribution >= 4 is 34.3 Å². The highest BCUT2D eigenvalue weighted by molar-refractivity contribution is 7.16. The lowest BCUT2D eigenvalue weighted by atomic mass is 10.1. The van der Waals surface area contributed by atoms with Crippen molar-refractivity contribution < 1.29 is 14.3 Å². The molecule has 0 saturated heterocycles. The van der Waals surface area contributed by atoms with Gasteiger partial charge in [-0.15, -0.1) is 11.3 Å². The Bertz CT molecular complexity index is 807. The molecular formula is C18H21N3O3S. The predicted octanol–water partition coefficient (Wildman–Crippen LogP) is 3.09. The van der Waals surface area contributed by atoms with E-state index in [0.717, 1.165) is 27.5 Å². The van der Waals surface area contributed by atoms with Gasteiger partial charge in [0.2, 0.25) is 0 Å². The van der Waals surface area contributed by atoms with Crippen LogP contribution in [0.25, 0.3) is 5.57 Å². The maximum Gasteiger partial charge on any atom is 0.350 e. The molecule has 1 aromatic heterocycles. The standard InChI is InChI=1S/C18H21N3O3S/c1-11(21-10-12-4-6-13(23-2)7-5-12)14(9-19)16-8-15(20)17(25-16)18(22)24-3/h4-9H,10,19-20H2,1-3H3/b14-9+,21-11?. The van der Waals surface area contributed by atoms with Crippen molar-refractivity contribution in [2.75, 3.05) is 20.0 Å². The summed E-state index contributed by atoms with van der Waals surface area (Å²) in [5.74, 6) is 0.342. The summed E-state index contributed by atoms with van der Waals surface area (Å²) in [6.45, 7) is 2.38. The van der Waals surface area contributed by atoms with Crippen LogP contribution in [0.15, 0.2) is 41.5 Å². The average molecular weight is 359 g/mol. The number of nitrogen functional groups attached to an aromatic ring is 1. The number of rotatable bonds is 6. The minimum absolute atomic E-state index is 0.361. The molecular weight excluding hydrogens is 338 g/mol. The number of hydrogen-bond acceptors (Lipinski definition) is 7. The van der Waals surface area contributed by atoms with Crippen molar-refractivity contribution in [2.24, 2.45) is 10.7 Å². The maximum atomic E-state index is 11.7. The van der Waals surface area contributed by atoms with Crippen LogP contribution in [-0.4, -0.2) is 25.9 Å². The fourth-order valence-corrected chi connectivity index (χ4v) is 3.27. The number of esters is 1. The Morgan fingerprint density at radius 3 is 2.52 bits per heavy atom. The lowest BCUT2D eigenvalue weighted by molar-refractivity contribution is 0.0607. The third-order valence-electron chi connectivity index (χ3n) is 3.61. The molecule has 0 fully saturated rings. The van der Waals surface area contributed by atoms with Gasteiger partial charge in [0.1, 0.15) is 10.6 Å². The number of anilines is 1. The summed E-state index contributed by atoms with van der Waals surface area (Å²) in [6.07, 6.45) is 1.47. The van der Waals surface area contributed by atoms with Gasteiger partial charge in [-0.3, -0.25) is 4.99 Å². The van der Waals surface area contributed by atoms with Crippen molar-refractivity contribution in [3.63, 3.8) is 0 Å². The third kappa shape index (κ3) is 4.39. The topological polar surface area (TPSA) is 99.9 Å². The molecule has 1 heterocycles. The van der Waals surface area contributed by atoms with Gasteiger partial charge < -0.3 is 20.9 Å². The smallest absolute Gasteiger partial charge is 0.350 e. The molecule has 0 aliphatic carbocycles. The van der Waals surface area contributed by atoms with Crippen molar-refractivity contribution in [2.45, 2.75) is 13.5 Å². The van der Waals surface area contributed by atoms with E-state index in [-0.39, 0.29) is 0 Å². The molecule has 0 radical (unpaired) electrons. The maximum absolute atomic E-state index is 11.7. The van der Waals surface area contributed by atoms with Gasteiger partial charge in [-0.1, -0.05) is 12.1 Å². The van der Waals surface area contributed by atoms with Gasteiger partial charge in [-0.2, -0.15) is 0 Å². The molecule has 0 aliphatic rings. The Labute approximate surface area is 150 Å². The fraction of sp³-hybridized carbons (Fsp3) is 0.222. The number of carbonyl (C=O) groups excluding carboxylic acids is 1. The van der Waals surface area contributed by atoms with Gasteiger partial charge in [0.15, 0.2) is 0 Å². The van der Waals surface area contributed by atoms with E-state index in [1.807, 2.05) is 31.2 Å². The van der Waals surface area contributed by atoms with Gasteiger partial charge in [-0.25, -0.2) is 4.79 Å². The lowest BCUT2D eigenvalue weighted by Crippen LogP contribution is -2.01. The van der Waals surface area contributed by atoms with E-state index >= 15 is 0 Å². The lowest BCUT2D eigenvalue weighted by Gasteiger charge is -2.05. The normalized spacial score (nSPS) is 12.1. The summed E-state index contributed by atoms with van der Waals surface area (Å²) in [4.78, 5) is 17.4. The van der Waals surface area contributed by atoms with Gasteiger partial charge >= 0.3 is 5.97 Å². The van der Waals surface area contributed by atoms with Crippen LogP contribution in [0.5, 0.6) is 5.75 Å². The molecule has 0 saturated carbocycles. The molecule has 132 valence electrons. The predicted molar refractivity (Wildman–Crippen MR) is 102 cm³/mol. The molecule has 1 aromatic carbocycles. The fourth-order valence-electron chi connectivity index (χ4n) is 2.20. The molecule has 0 spiro atoms. The van der Waals surface area contributed by atoms with Crippen LogP contribution in [-0.2, 0) is 11.3 Å². The molecule has 4 N–H and O–H groups in total. The number of nitrogens with zero attached hydrogens (tertiary/aromatic N) is 1. The van der Waals surface area contributed by atoms with Gasteiger partial charge in [0.25, 0.3) is 0 Å². The molecule has 2 aromatic rings. The first kappa shape index (κ1) is 18.5. The first-order valence-electron chi connectivity index (χ1n) is 7.54. The summed E-state index contributed by atoms with van der Waals surface area (Å²) >= 11 is 1.23. The van der Waals surface area contributed by atoms with Crippen molar-refractivity contribution in [3.05, 3.63) is 51.8 Å². The monoisotopic (exact) mass is 359 g/mol. The second-order valence-electron chi connectivity index (χ2n) is 5.22. The van der Waals surface area contributed by atoms with Crippen molar-refractivity contribution in [3.8, 4) is 5.75 Å². The van der Waals surface area contributed by atoms with E-state index in [0.29, 0.717) is 17.1 Å². The summed E-state index contributed by atoms with van der Waals surface area (Å²) in [6, 6.07) is 9.41. The minimum Gasteiger partial charge on any atom is -0.497 e. The number of aliphatic imine (C=N–C) groups is 1. The van der Waals surface area contributed by atoms with Gasteiger partial charge in [0, 0.05) is 22.4 Å². The Balaban J connectivity index is 2.20. The van der Waals surface area contributed by atoms with E-state index < -0.39 is 5.97 Å². The quantitative estimate of drug-likeness (QED) is 0.610. The first-order valence-corrected chi connectivity index (χ1v) is 8.36. The van der Waals surface area contributed by atoms with Crippen LogP contribution in [0.3, 0.4) is 0 Å². The van der Waals surface area contributed by atoms with E-state index in [1.54, 1.807) is 13.2 Å². The Hall–Kier alpha value is -2.80. The van der Waals surface area contributed by atoms with E-state index in [4.69, 9.17) is 20.9 Å². The summed E-state index contributed by atoms with van der Waals surface area (Å²) in [5, 5.41) is 0. The average Bonchev–Trinajstić information content (AvgIpc) is 3.01. The number of nitrogens with two attached hydrogens (primary N) is 2. The number of hydrogen-bond donors (Lipinski definition) is 2. The second kappa shape index (κ2) is 8.34. The van der Waals surface area contributed by atoms with Crippen LogP contribution in [0, 0.1) is 0 Å². The largest absolute Gasteiger partial charge is 0.497 e. The SMILES string of the molecule is COC(=O)c1sc(/C(=C/N)C(C)=NCc2ccc(OC)cc2)cc1N. The molecule has 6 nitrogen and oxygen atoms in total. The van der Waals surface area contributed by atoms with Gasteiger partial charge in [0.05, 0.1) is 26.5 Å². The van der Waals surface area contributed by atoms with Crippen molar-refractivity contribution in [1.29, 1.82) is 0 Å². The summed E-state index contributed by atoms with van der Waals surface area (Å²) in [5.41, 5.74) is 14.6. The minimum atomic E-state index is -0.460. The van der Waals surface area contributed by atoms with E-state index in [2.05, 4.69) is 4.99 Å². The number of carbonyl (C=O) groups is 1. The zero-order chi connectivity index (χ0) is 18.4. The molecule has 7 heteroatoms. The molecule has 0 bridgehead atoms. The number of allylic oxidation sites excluding steroid dienone is 1. The van der Waals surface area contributed by atoms with Gasteiger partial charge in [-0.05, 0) is 30.7 Å². The summed E-state index contributed by atoms with van der Waals surface area (Å²) < 4.78 is 9.87. The molecule has 0 unspecified atom stereocenters. The number of thiophene rings is 1. The van der Waals surface area contributed by atoms with E-state index in [9.17, 15) is 4.79 Å². The molecule has 0 aliphatic heterocycles. The van der Waals surface area contributed by atoms with E-state index in [1.165, 1.54) is 24.6 Å². The summed E-state index contributed by atoms with van der Waals surface area (Å²) in [7, 11) is 2.95. The third-order valence-corrected chi connectivity index (χ3v) is 4.78. The molecule has 2 rings (SSSR count). The zero-order valence-electron chi connectivity index (χ0n) is 14.4. The van der Waals surface area contributed by atoms with Crippen LogP contribution >= 0.6 is 11.3 Å². The molecule has 0 atom stereocenters. The number of benzene rings is 1. The number of ether oxygens (including phenoxy) is 2. The molecule has 0 amide bonds. The van der Waals surface area contributed by atoms with Crippen molar-refractivity contribution in [1.82, 2.24) is 0 Å². The zero-order valence-corrected chi connectivity index (χ0v) is 15.2. The second-order valence-corrected chi connectivity index (χ2v) is 6.27. The Morgan fingerprint density at radius 2 is 1.96 bits per heavy atom. The Morgan fingerprint density at radius 1 is 1.28 bits per heavy atom. The molecule has 25 heavy (non-hydrogen) atoms. The number of methoxy groups -OCH3 is 2. The highest BCUT2D eigenvalue weighted by Crippen LogP contribution is 2.31. The highest BCUT2D eigenvalue weighted by atomic mass is 32.1. The highest BCUT2D eigenvalue weighted by Gasteiger charge is 2.17.